The standard InChI is InChI=1S/C13H7Cl2F6N5O2S/c14-5-1-4(12(16,17)18)2-6(15)7(5)11(22)9(29(27)13(19,20)21)8(24-26-11)10-23-3-28-25-10/h1-2H,3,22H2,(H,23,25). The van der Waals surface area contributed by atoms with E-state index in [0.717, 1.165) is 0 Å². The Bertz CT molecular complexity index is 928. The number of benzene rings is 1. The Morgan fingerprint density at radius 3 is 2.21 bits per heavy atom. The van der Waals surface area contributed by atoms with Crippen LogP contribution in [0.4, 0.5) is 26.3 Å². The van der Waals surface area contributed by atoms with Crippen LogP contribution < -0.4 is 11.1 Å². The van der Waals surface area contributed by atoms with Gasteiger partial charge < -0.3 is 14.7 Å². The summed E-state index contributed by atoms with van der Waals surface area (Å²) in [6.45, 7) is -0.223. The van der Waals surface area contributed by atoms with Crippen molar-refractivity contribution in [1.82, 2.24) is 5.32 Å². The van der Waals surface area contributed by atoms with Crippen LogP contribution in [0.25, 0.3) is 0 Å². The van der Waals surface area contributed by atoms with Crippen LogP contribution in [0.15, 0.2) is 38.1 Å². The normalized spacial score (nSPS) is 23.2. The van der Waals surface area contributed by atoms with Gasteiger partial charge in [-0.25, -0.2) is 0 Å². The molecule has 3 rings (SSSR count). The van der Waals surface area contributed by atoms with Crippen LogP contribution in [0.3, 0.4) is 0 Å². The summed E-state index contributed by atoms with van der Waals surface area (Å²) in [6.07, 6.45) is -4.84. The van der Waals surface area contributed by atoms with Gasteiger partial charge in [0.15, 0.2) is 12.4 Å². The number of hydrogen-bond acceptors (Lipinski definition) is 7. The van der Waals surface area contributed by atoms with Crippen LogP contribution in [-0.4, -0.2) is 22.6 Å². The average molecular weight is 482 g/mol. The molecule has 2 aliphatic heterocycles. The summed E-state index contributed by atoms with van der Waals surface area (Å²) in [4.78, 5) is 3.48. The van der Waals surface area contributed by atoms with E-state index in [4.69, 9.17) is 28.9 Å². The Morgan fingerprint density at radius 2 is 1.76 bits per heavy atom. The lowest BCUT2D eigenvalue weighted by Gasteiger charge is -2.27. The van der Waals surface area contributed by atoms with E-state index in [1.54, 1.807) is 0 Å². The highest BCUT2D eigenvalue weighted by molar-refractivity contribution is 7.96. The molecule has 7 nitrogen and oxygen atoms in total. The van der Waals surface area contributed by atoms with Gasteiger partial charge in [0, 0.05) is 5.56 Å². The lowest BCUT2D eigenvalue weighted by atomic mass is 9.98. The predicted octanol–water partition coefficient (Wildman–Crippen LogP) is 3.96. The van der Waals surface area contributed by atoms with Crippen molar-refractivity contribution < 1.29 is 35.7 Å². The summed E-state index contributed by atoms with van der Waals surface area (Å²) in [5.41, 5.74) is -4.61. The summed E-state index contributed by atoms with van der Waals surface area (Å²) in [6, 6.07) is 0.820. The van der Waals surface area contributed by atoms with Gasteiger partial charge in [0.25, 0.3) is 0 Å². The first-order valence-electron chi connectivity index (χ1n) is 7.23. The van der Waals surface area contributed by atoms with E-state index >= 15 is 0 Å². The zero-order valence-electron chi connectivity index (χ0n) is 13.5. The maximum atomic E-state index is 13.3. The molecule has 29 heavy (non-hydrogen) atoms. The monoisotopic (exact) mass is 481 g/mol. The minimum atomic E-state index is -5.31. The largest absolute Gasteiger partial charge is 0.604 e. The van der Waals surface area contributed by atoms with Crippen LogP contribution in [0.1, 0.15) is 11.1 Å². The molecule has 0 fully saturated rings. The number of nitrogens with zero attached hydrogens (tertiary/aromatic N) is 3. The Balaban J connectivity index is 2.24. The molecule has 0 amide bonds. The molecule has 0 radical (unpaired) electrons. The van der Waals surface area contributed by atoms with Gasteiger partial charge in [-0.3, -0.25) is 5.73 Å². The third kappa shape index (κ3) is 3.86. The Labute approximate surface area is 170 Å². The SMILES string of the molecule is NC1(c2c(Cl)cc(C(F)(F)F)cc2Cl)N=NC(C2=NOCN2)=C1[S+]([O-])C(F)(F)F. The number of hydrogen-bond donors (Lipinski definition) is 2. The molecule has 0 saturated carbocycles. The van der Waals surface area contributed by atoms with Crippen molar-refractivity contribution >= 4 is 40.2 Å². The number of nitrogens with two attached hydrogens (primary N) is 1. The predicted molar refractivity (Wildman–Crippen MR) is 89.9 cm³/mol. The topological polar surface area (TPSA) is 107 Å². The molecule has 16 heteroatoms. The molecule has 2 heterocycles. The van der Waals surface area contributed by atoms with Gasteiger partial charge in [0.05, 0.1) is 15.6 Å². The molecule has 0 saturated heterocycles. The minimum Gasteiger partial charge on any atom is -0.604 e. The molecule has 1 aromatic carbocycles. The highest BCUT2D eigenvalue weighted by Gasteiger charge is 2.59. The first kappa shape index (κ1) is 22.0. The first-order valence-corrected chi connectivity index (χ1v) is 9.13. The molecule has 158 valence electrons. The van der Waals surface area contributed by atoms with Gasteiger partial charge in [-0.2, -0.15) is 18.3 Å². The number of alkyl halides is 6. The Kier molecular flexibility index (Phi) is 5.45. The van der Waals surface area contributed by atoms with Crippen LogP contribution in [0.5, 0.6) is 0 Å². The fraction of sp³-hybridized carbons (Fsp3) is 0.308. The molecule has 2 unspecified atom stereocenters. The molecule has 0 aliphatic carbocycles. The van der Waals surface area contributed by atoms with Gasteiger partial charge in [-0.1, -0.05) is 28.4 Å². The number of nitrogens with one attached hydrogen (secondary N) is 1. The van der Waals surface area contributed by atoms with Crippen molar-refractivity contribution in [2.45, 2.75) is 17.3 Å². The number of amidine groups is 1. The fourth-order valence-corrected chi connectivity index (χ4v) is 4.27. The quantitative estimate of drug-likeness (QED) is 0.503. The van der Waals surface area contributed by atoms with E-state index in [0.29, 0.717) is 12.1 Å². The summed E-state index contributed by atoms with van der Waals surface area (Å²) in [5, 5.41) is 11.3. The number of rotatable bonds is 3. The van der Waals surface area contributed by atoms with Crippen LogP contribution >= 0.6 is 23.2 Å². The molecule has 2 atom stereocenters. The first-order chi connectivity index (χ1) is 13.3. The third-order valence-corrected chi connectivity index (χ3v) is 5.59. The number of azo groups is 1. The molecule has 1 aromatic rings. The molecule has 3 N–H and O–H groups in total. The zero-order valence-corrected chi connectivity index (χ0v) is 15.9. The van der Waals surface area contributed by atoms with E-state index in [9.17, 15) is 30.9 Å². The van der Waals surface area contributed by atoms with Gasteiger partial charge in [0.1, 0.15) is 11.2 Å². The second-order valence-corrected chi connectivity index (χ2v) is 7.78. The summed E-state index contributed by atoms with van der Waals surface area (Å²) in [5.74, 6) is -0.354. The number of halogens is 8. The van der Waals surface area contributed by atoms with Crippen molar-refractivity contribution in [2.24, 2.45) is 21.1 Å². The molecule has 0 aromatic heterocycles. The molecule has 2 aliphatic rings. The lowest BCUT2D eigenvalue weighted by molar-refractivity contribution is -0.137. The summed E-state index contributed by atoms with van der Waals surface area (Å²) < 4.78 is 90.8. The Hall–Kier alpha value is -1.74. The summed E-state index contributed by atoms with van der Waals surface area (Å²) >= 11 is 7.93. The van der Waals surface area contributed by atoms with Crippen molar-refractivity contribution in [1.29, 1.82) is 0 Å². The molecule has 0 bridgehead atoms. The van der Waals surface area contributed by atoms with E-state index < -0.39 is 60.3 Å². The zero-order chi connectivity index (χ0) is 21.8. The van der Waals surface area contributed by atoms with E-state index in [1.807, 2.05) is 0 Å². The van der Waals surface area contributed by atoms with Gasteiger partial charge >= 0.3 is 11.7 Å². The second kappa shape index (κ2) is 7.19. The number of oxime groups is 1. The maximum Gasteiger partial charge on any atom is 0.578 e. The van der Waals surface area contributed by atoms with Crippen molar-refractivity contribution in [2.75, 3.05) is 6.73 Å². The average Bonchev–Trinajstić information content (AvgIpc) is 3.19. The minimum absolute atomic E-state index is 0.223. The fourth-order valence-electron chi connectivity index (χ4n) is 2.52. The molecular formula is C13H7Cl2F6N5O2S. The lowest BCUT2D eigenvalue weighted by Crippen LogP contribution is -2.43. The van der Waals surface area contributed by atoms with Crippen molar-refractivity contribution in [3.05, 3.63) is 43.9 Å². The molecule has 0 spiro atoms. The van der Waals surface area contributed by atoms with Crippen LogP contribution in [0.2, 0.25) is 10.0 Å². The maximum absolute atomic E-state index is 13.3. The van der Waals surface area contributed by atoms with E-state index in [-0.39, 0.29) is 12.6 Å². The second-order valence-electron chi connectivity index (χ2n) is 5.56. The van der Waals surface area contributed by atoms with Gasteiger partial charge in [-0.15, -0.1) is 18.3 Å². The van der Waals surface area contributed by atoms with Gasteiger partial charge in [0.2, 0.25) is 16.4 Å². The highest BCUT2D eigenvalue weighted by atomic mass is 35.5. The molecular weight excluding hydrogens is 475 g/mol. The van der Waals surface area contributed by atoms with E-state index in [1.165, 1.54) is 0 Å². The third-order valence-electron chi connectivity index (χ3n) is 3.70. The van der Waals surface area contributed by atoms with Crippen molar-refractivity contribution in [3.8, 4) is 0 Å². The van der Waals surface area contributed by atoms with Crippen LogP contribution in [0, 0.1) is 0 Å². The van der Waals surface area contributed by atoms with Crippen molar-refractivity contribution in [3.63, 3.8) is 0 Å². The van der Waals surface area contributed by atoms with Gasteiger partial charge in [-0.05, 0) is 12.1 Å². The Morgan fingerprint density at radius 1 is 1.17 bits per heavy atom. The smallest absolute Gasteiger partial charge is 0.578 e. The highest BCUT2D eigenvalue weighted by Crippen LogP contribution is 2.50. The van der Waals surface area contributed by atoms with Crippen LogP contribution in [-0.2, 0) is 27.9 Å². The summed E-state index contributed by atoms with van der Waals surface area (Å²) in [7, 11) is 0. The van der Waals surface area contributed by atoms with E-state index in [2.05, 4.69) is 25.5 Å².